The standard InChI is InChI=1S/C21H14Cl2N2O2S/c22-17-10-20(27-12-14-5-2-1-3-6-14)18(23)9-16(17)19-13-28-21(24-19)25-8-4-7-15(25)11-26/h1-11,13H,12H2. The summed E-state index contributed by atoms with van der Waals surface area (Å²) >= 11 is 14.3. The zero-order chi connectivity index (χ0) is 19.5. The fourth-order valence-corrected chi connectivity index (χ4v) is 4.03. The highest BCUT2D eigenvalue weighted by Gasteiger charge is 2.15. The molecular weight excluding hydrogens is 415 g/mol. The maximum Gasteiger partial charge on any atom is 0.194 e. The van der Waals surface area contributed by atoms with Gasteiger partial charge in [-0.05, 0) is 23.8 Å². The van der Waals surface area contributed by atoms with E-state index in [0.29, 0.717) is 44.5 Å². The van der Waals surface area contributed by atoms with Crippen LogP contribution >= 0.6 is 34.5 Å². The molecule has 0 aliphatic heterocycles. The first-order valence-corrected chi connectivity index (χ1v) is 10.0. The first-order chi connectivity index (χ1) is 13.7. The van der Waals surface area contributed by atoms with Crippen molar-refractivity contribution in [1.82, 2.24) is 9.55 Å². The number of nitrogens with zero attached hydrogens (tertiary/aromatic N) is 2. The van der Waals surface area contributed by atoms with Crippen molar-refractivity contribution in [3.63, 3.8) is 0 Å². The second kappa shape index (κ2) is 8.19. The Kier molecular flexibility index (Phi) is 5.48. The lowest BCUT2D eigenvalue weighted by atomic mass is 10.1. The second-order valence-corrected chi connectivity index (χ2v) is 7.62. The van der Waals surface area contributed by atoms with Crippen LogP contribution in [0.15, 0.2) is 66.2 Å². The van der Waals surface area contributed by atoms with Gasteiger partial charge in [0, 0.05) is 23.2 Å². The minimum atomic E-state index is 0.402. The van der Waals surface area contributed by atoms with Gasteiger partial charge in [-0.25, -0.2) is 4.98 Å². The van der Waals surface area contributed by atoms with Gasteiger partial charge in [0.15, 0.2) is 11.4 Å². The summed E-state index contributed by atoms with van der Waals surface area (Å²) in [7, 11) is 0. The van der Waals surface area contributed by atoms with Crippen LogP contribution in [0.1, 0.15) is 16.1 Å². The molecule has 0 aliphatic carbocycles. The summed E-state index contributed by atoms with van der Waals surface area (Å²) in [6.45, 7) is 0.402. The predicted molar refractivity (Wildman–Crippen MR) is 113 cm³/mol. The van der Waals surface area contributed by atoms with E-state index < -0.39 is 0 Å². The molecule has 4 rings (SSSR count). The fraction of sp³-hybridized carbons (Fsp3) is 0.0476. The molecule has 0 amide bonds. The number of rotatable bonds is 6. The third kappa shape index (κ3) is 3.83. The molecule has 0 saturated carbocycles. The molecule has 0 aliphatic rings. The van der Waals surface area contributed by atoms with E-state index in [1.807, 2.05) is 35.7 Å². The van der Waals surface area contributed by atoms with E-state index in [9.17, 15) is 4.79 Å². The normalized spacial score (nSPS) is 10.8. The molecule has 2 aromatic heterocycles. The maximum atomic E-state index is 11.1. The highest BCUT2D eigenvalue weighted by molar-refractivity contribution is 7.12. The Hall–Kier alpha value is -2.60. The van der Waals surface area contributed by atoms with Crippen molar-refractivity contribution < 1.29 is 9.53 Å². The highest BCUT2D eigenvalue weighted by Crippen LogP contribution is 2.38. The number of carbonyl (C=O) groups excluding carboxylic acids is 1. The summed E-state index contributed by atoms with van der Waals surface area (Å²) in [6, 6.07) is 16.8. The number of carbonyl (C=O) groups is 1. The largest absolute Gasteiger partial charge is 0.487 e. The number of thiazole rings is 1. The highest BCUT2D eigenvalue weighted by atomic mass is 35.5. The SMILES string of the molecule is O=Cc1cccn1-c1nc(-c2cc(Cl)c(OCc3ccccc3)cc2Cl)cs1. The van der Waals surface area contributed by atoms with Crippen LogP contribution in [0, 0.1) is 0 Å². The summed E-state index contributed by atoms with van der Waals surface area (Å²) < 4.78 is 7.54. The second-order valence-electron chi connectivity index (χ2n) is 5.97. The van der Waals surface area contributed by atoms with Crippen LogP contribution in [-0.2, 0) is 6.61 Å². The van der Waals surface area contributed by atoms with Gasteiger partial charge in [-0.1, -0.05) is 53.5 Å². The van der Waals surface area contributed by atoms with E-state index in [0.717, 1.165) is 11.8 Å². The minimum Gasteiger partial charge on any atom is -0.487 e. The van der Waals surface area contributed by atoms with Crippen molar-refractivity contribution in [2.75, 3.05) is 0 Å². The van der Waals surface area contributed by atoms with E-state index in [-0.39, 0.29) is 0 Å². The van der Waals surface area contributed by atoms with E-state index in [1.54, 1.807) is 35.0 Å². The molecule has 4 nitrogen and oxygen atoms in total. The van der Waals surface area contributed by atoms with Crippen LogP contribution in [-0.4, -0.2) is 15.8 Å². The van der Waals surface area contributed by atoms with Crippen molar-refractivity contribution in [3.8, 4) is 22.1 Å². The molecule has 0 N–H and O–H groups in total. The Bertz CT molecular complexity index is 1120. The number of ether oxygens (including phenoxy) is 1. The summed E-state index contributed by atoms with van der Waals surface area (Å²) in [6.07, 6.45) is 2.59. The van der Waals surface area contributed by atoms with Gasteiger partial charge in [0.1, 0.15) is 12.4 Å². The topological polar surface area (TPSA) is 44.1 Å². The Morgan fingerprint density at radius 3 is 2.68 bits per heavy atom. The summed E-state index contributed by atoms with van der Waals surface area (Å²) in [5, 5.41) is 3.51. The molecule has 0 radical (unpaired) electrons. The van der Waals surface area contributed by atoms with Gasteiger partial charge in [0.05, 0.1) is 21.4 Å². The number of hydrogen-bond acceptors (Lipinski definition) is 4. The quantitative estimate of drug-likeness (QED) is 0.338. The van der Waals surface area contributed by atoms with Crippen molar-refractivity contribution in [2.24, 2.45) is 0 Å². The first kappa shape index (κ1) is 18.7. The lowest BCUT2D eigenvalue weighted by Gasteiger charge is -2.11. The number of benzene rings is 2. The number of hydrogen-bond donors (Lipinski definition) is 0. The molecular formula is C21H14Cl2N2O2S. The molecule has 140 valence electrons. The molecule has 0 fully saturated rings. The van der Waals surface area contributed by atoms with Crippen LogP contribution in [0.4, 0.5) is 0 Å². The van der Waals surface area contributed by atoms with Crippen LogP contribution < -0.4 is 4.74 Å². The molecule has 2 aromatic carbocycles. The van der Waals surface area contributed by atoms with Crippen LogP contribution in [0.3, 0.4) is 0 Å². The number of aldehydes is 1. The van der Waals surface area contributed by atoms with E-state index in [2.05, 4.69) is 4.98 Å². The minimum absolute atomic E-state index is 0.402. The van der Waals surface area contributed by atoms with E-state index >= 15 is 0 Å². The molecule has 0 spiro atoms. The van der Waals surface area contributed by atoms with Gasteiger partial charge >= 0.3 is 0 Å². The van der Waals surface area contributed by atoms with E-state index in [4.69, 9.17) is 27.9 Å². The molecule has 7 heteroatoms. The molecule has 0 saturated heterocycles. The molecule has 0 unspecified atom stereocenters. The van der Waals surface area contributed by atoms with Crippen molar-refractivity contribution >= 4 is 40.8 Å². The van der Waals surface area contributed by atoms with Gasteiger partial charge in [-0.2, -0.15) is 0 Å². The third-order valence-electron chi connectivity index (χ3n) is 4.13. The van der Waals surface area contributed by atoms with E-state index in [1.165, 1.54) is 11.3 Å². The average Bonchev–Trinajstić information content (AvgIpc) is 3.38. The zero-order valence-corrected chi connectivity index (χ0v) is 16.8. The van der Waals surface area contributed by atoms with Crippen LogP contribution in [0.5, 0.6) is 5.75 Å². The van der Waals surface area contributed by atoms with Crippen LogP contribution in [0.2, 0.25) is 10.0 Å². The molecule has 2 heterocycles. The number of aromatic nitrogens is 2. The van der Waals surface area contributed by atoms with Crippen molar-refractivity contribution in [3.05, 3.63) is 87.5 Å². The van der Waals surface area contributed by atoms with Gasteiger partial charge in [0.2, 0.25) is 0 Å². The van der Waals surface area contributed by atoms with Gasteiger partial charge < -0.3 is 4.74 Å². The maximum absolute atomic E-state index is 11.1. The monoisotopic (exact) mass is 428 g/mol. The lowest BCUT2D eigenvalue weighted by Crippen LogP contribution is -1.97. The molecule has 0 bridgehead atoms. The Balaban J connectivity index is 1.59. The number of halogens is 2. The predicted octanol–water partition coefficient (Wildman–Crippen LogP) is 6.30. The Morgan fingerprint density at radius 2 is 1.89 bits per heavy atom. The van der Waals surface area contributed by atoms with Crippen molar-refractivity contribution in [1.29, 1.82) is 0 Å². The zero-order valence-electron chi connectivity index (χ0n) is 14.5. The smallest absolute Gasteiger partial charge is 0.194 e. The lowest BCUT2D eigenvalue weighted by molar-refractivity contribution is 0.111. The fourth-order valence-electron chi connectivity index (χ4n) is 2.73. The summed E-state index contributed by atoms with van der Waals surface area (Å²) in [4.78, 5) is 15.7. The Labute approximate surface area is 175 Å². The molecule has 4 aromatic rings. The van der Waals surface area contributed by atoms with Gasteiger partial charge in [0.25, 0.3) is 0 Å². The van der Waals surface area contributed by atoms with Crippen LogP contribution in [0.25, 0.3) is 16.4 Å². The molecule has 28 heavy (non-hydrogen) atoms. The Morgan fingerprint density at radius 1 is 1.07 bits per heavy atom. The first-order valence-electron chi connectivity index (χ1n) is 8.40. The average molecular weight is 429 g/mol. The summed E-state index contributed by atoms with van der Waals surface area (Å²) in [5.74, 6) is 0.517. The molecule has 0 atom stereocenters. The van der Waals surface area contributed by atoms with Gasteiger partial charge in [-0.15, -0.1) is 11.3 Å². The van der Waals surface area contributed by atoms with Gasteiger partial charge in [-0.3, -0.25) is 9.36 Å². The summed E-state index contributed by atoms with van der Waals surface area (Å²) in [5.41, 5.74) is 2.98. The third-order valence-corrected chi connectivity index (χ3v) is 5.58. The van der Waals surface area contributed by atoms with Crippen molar-refractivity contribution in [2.45, 2.75) is 6.61 Å².